The minimum absolute atomic E-state index is 0.866. The highest BCUT2D eigenvalue weighted by molar-refractivity contribution is 7.76. The van der Waals surface area contributed by atoms with E-state index >= 15 is 0 Å². The summed E-state index contributed by atoms with van der Waals surface area (Å²) in [5.41, 5.74) is 0. The third-order valence-corrected chi connectivity index (χ3v) is 7.98. The lowest BCUT2D eigenvalue weighted by atomic mass is 10.3. The van der Waals surface area contributed by atoms with Gasteiger partial charge in [0, 0.05) is 36.8 Å². The maximum absolute atomic E-state index is 14.2. The fraction of sp³-hybridized carbons (Fsp3) is 0.400. The lowest BCUT2D eigenvalue weighted by Gasteiger charge is -2.39. The summed E-state index contributed by atoms with van der Waals surface area (Å²) >= 11 is 0. The Morgan fingerprint density at radius 2 is 1.33 bits per heavy atom. The molecule has 3 rings (SSSR count). The third-order valence-electron chi connectivity index (χ3n) is 4.79. The molecule has 0 unspecified atom stereocenters. The highest BCUT2D eigenvalue weighted by Crippen LogP contribution is 2.47. The van der Waals surface area contributed by atoms with E-state index < -0.39 is 7.29 Å². The first-order valence-electron chi connectivity index (χ1n) is 8.94. The van der Waals surface area contributed by atoms with Crippen LogP contribution >= 0.6 is 7.29 Å². The predicted molar refractivity (Wildman–Crippen MR) is 103 cm³/mol. The van der Waals surface area contributed by atoms with Crippen LogP contribution in [0.1, 0.15) is 19.8 Å². The molecule has 0 bridgehead atoms. The second-order valence-corrected chi connectivity index (χ2v) is 9.15. The number of benzene rings is 2. The topological polar surface area (TPSA) is 23.6 Å². The van der Waals surface area contributed by atoms with Gasteiger partial charge >= 0.3 is 0 Å². The Bertz CT molecular complexity index is 623. The molecule has 0 amide bonds. The Labute approximate surface area is 145 Å². The molecule has 2 aromatic rings. The summed E-state index contributed by atoms with van der Waals surface area (Å²) in [7, 11) is -2.75. The van der Waals surface area contributed by atoms with Crippen LogP contribution in [0.25, 0.3) is 0 Å². The first kappa shape index (κ1) is 17.4. The SMILES string of the molecule is CCCCN1CCN(P(=O)(c2ccccc2)c2ccccc2)CC1. The van der Waals surface area contributed by atoms with Gasteiger partial charge in [-0.1, -0.05) is 49.7 Å². The van der Waals surface area contributed by atoms with Crippen LogP contribution in [0.5, 0.6) is 0 Å². The summed E-state index contributed by atoms with van der Waals surface area (Å²) in [5.74, 6) is 0. The highest BCUT2D eigenvalue weighted by atomic mass is 31.2. The normalized spacial score (nSPS) is 17.0. The molecule has 0 aromatic heterocycles. The number of piperazine rings is 1. The van der Waals surface area contributed by atoms with E-state index in [0.717, 1.165) is 43.3 Å². The molecule has 3 nitrogen and oxygen atoms in total. The molecule has 1 heterocycles. The summed E-state index contributed by atoms with van der Waals surface area (Å²) in [4.78, 5) is 2.50. The number of rotatable bonds is 6. The standard InChI is InChI=1S/C20H27N2OP/c1-2-3-14-21-15-17-22(18-16-21)24(23,19-10-6-4-7-11-19)20-12-8-5-9-13-20/h4-13H,2-3,14-18H2,1H3. The smallest absolute Gasteiger partial charge is 0.207 e. The van der Waals surface area contributed by atoms with E-state index in [9.17, 15) is 4.57 Å². The van der Waals surface area contributed by atoms with Crippen LogP contribution in [-0.4, -0.2) is 42.3 Å². The van der Waals surface area contributed by atoms with Crippen LogP contribution in [0.2, 0.25) is 0 Å². The number of hydrogen-bond donors (Lipinski definition) is 0. The molecule has 1 fully saturated rings. The number of unbranched alkanes of at least 4 members (excludes halogenated alkanes) is 1. The van der Waals surface area contributed by atoms with Crippen LogP contribution in [-0.2, 0) is 4.57 Å². The molecule has 24 heavy (non-hydrogen) atoms. The van der Waals surface area contributed by atoms with Gasteiger partial charge in [-0.25, -0.2) is 4.67 Å². The second kappa shape index (κ2) is 8.11. The Kier molecular flexibility index (Phi) is 5.89. The summed E-state index contributed by atoms with van der Waals surface area (Å²) in [6.45, 7) is 7.13. The van der Waals surface area contributed by atoms with Gasteiger partial charge in [0.25, 0.3) is 0 Å². The molecule has 1 aliphatic heterocycles. The zero-order valence-electron chi connectivity index (χ0n) is 14.5. The van der Waals surface area contributed by atoms with Gasteiger partial charge < -0.3 is 4.90 Å². The molecule has 128 valence electrons. The van der Waals surface area contributed by atoms with Crippen molar-refractivity contribution in [3.63, 3.8) is 0 Å². The van der Waals surface area contributed by atoms with Gasteiger partial charge in [-0.2, -0.15) is 0 Å². The number of nitrogens with zero attached hydrogens (tertiary/aromatic N) is 2. The maximum Gasteiger partial charge on any atom is 0.207 e. The van der Waals surface area contributed by atoms with E-state index in [1.165, 1.54) is 12.8 Å². The minimum Gasteiger partial charge on any atom is -0.301 e. The molecule has 1 saturated heterocycles. The fourth-order valence-electron chi connectivity index (χ4n) is 3.36. The first-order chi connectivity index (χ1) is 11.7. The van der Waals surface area contributed by atoms with Crippen LogP contribution in [0, 0.1) is 0 Å². The van der Waals surface area contributed by atoms with Crippen molar-refractivity contribution in [1.82, 2.24) is 9.57 Å². The summed E-state index contributed by atoms with van der Waals surface area (Å²) in [6.07, 6.45) is 2.47. The Hall–Kier alpha value is -1.41. The molecule has 2 aromatic carbocycles. The Morgan fingerprint density at radius 1 is 0.833 bits per heavy atom. The number of hydrogen-bond acceptors (Lipinski definition) is 2. The van der Waals surface area contributed by atoms with Crippen molar-refractivity contribution in [1.29, 1.82) is 0 Å². The average Bonchev–Trinajstić information content (AvgIpc) is 2.67. The molecular formula is C20H27N2OP. The van der Waals surface area contributed by atoms with Crippen molar-refractivity contribution < 1.29 is 4.57 Å². The molecule has 0 atom stereocenters. The van der Waals surface area contributed by atoms with Gasteiger partial charge in [0.1, 0.15) is 0 Å². The van der Waals surface area contributed by atoms with Crippen molar-refractivity contribution in [2.45, 2.75) is 19.8 Å². The monoisotopic (exact) mass is 342 g/mol. The van der Waals surface area contributed by atoms with E-state index in [1.54, 1.807) is 0 Å². The quantitative estimate of drug-likeness (QED) is 0.753. The third kappa shape index (κ3) is 3.64. The van der Waals surface area contributed by atoms with Crippen LogP contribution < -0.4 is 10.6 Å². The minimum atomic E-state index is -2.75. The zero-order valence-corrected chi connectivity index (χ0v) is 15.4. The average molecular weight is 342 g/mol. The van der Waals surface area contributed by atoms with E-state index in [2.05, 4.69) is 16.5 Å². The van der Waals surface area contributed by atoms with Crippen LogP contribution in [0.15, 0.2) is 60.7 Å². The lowest BCUT2D eigenvalue weighted by Crippen LogP contribution is -2.47. The van der Waals surface area contributed by atoms with Gasteiger partial charge in [-0.15, -0.1) is 0 Å². The van der Waals surface area contributed by atoms with Gasteiger partial charge in [-0.05, 0) is 37.2 Å². The van der Waals surface area contributed by atoms with E-state index in [-0.39, 0.29) is 0 Å². The Morgan fingerprint density at radius 3 is 1.79 bits per heavy atom. The summed E-state index contributed by atoms with van der Waals surface area (Å²) < 4.78 is 16.4. The Balaban J connectivity index is 1.86. The van der Waals surface area contributed by atoms with Crippen LogP contribution in [0.3, 0.4) is 0 Å². The molecule has 0 radical (unpaired) electrons. The molecule has 0 N–H and O–H groups in total. The van der Waals surface area contributed by atoms with Gasteiger partial charge in [-0.3, -0.25) is 4.57 Å². The highest BCUT2D eigenvalue weighted by Gasteiger charge is 2.36. The maximum atomic E-state index is 14.2. The van der Waals surface area contributed by atoms with Gasteiger partial charge in [0.05, 0.1) is 0 Å². The molecule has 0 saturated carbocycles. The molecule has 0 spiro atoms. The summed E-state index contributed by atoms with van der Waals surface area (Å²) in [5, 5.41) is 1.89. The van der Waals surface area contributed by atoms with E-state index in [4.69, 9.17) is 0 Å². The second-order valence-electron chi connectivity index (χ2n) is 6.40. The van der Waals surface area contributed by atoms with Crippen molar-refractivity contribution in [2.24, 2.45) is 0 Å². The van der Waals surface area contributed by atoms with Crippen molar-refractivity contribution in [3.05, 3.63) is 60.7 Å². The molecule has 4 heteroatoms. The summed E-state index contributed by atoms with van der Waals surface area (Å²) in [6, 6.07) is 20.0. The van der Waals surface area contributed by atoms with Crippen molar-refractivity contribution in [2.75, 3.05) is 32.7 Å². The van der Waals surface area contributed by atoms with E-state index in [0.29, 0.717) is 0 Å². The molecular weight excluding hydrogens is 315 g/mol. The zero-order chi connectivity index (χ0) is 16.8. The largest absolute Gasteiger partial charge is 0.301 e. The fourth-order valence-corrected chi connectivity index (χ4v) is 6.21. The van der Waals surface area contributed by atoms with Gasteiger partial charge in [0.2, 0.25) is 7.29 Å². The lowest BCUT2D eigenvalue weighted by molar-refractivity contribution is 0.187. The van der Waals surface area contributed by atoms with Crippen molar-refractivity contribution in [3.8, 4) is 0 Å². The van der Waals surface area contributed by atoms with E-state index in [1.807, 2.05) is 60.7 Å². The van der Waals surface area contributed by atoms with Crippen LogP contribution in [0.4, 0.5) is 0 Å². The molecule has 1 aliphatic rings. The van der Waals surface area contributed by atoms with Gasteiger partial charge in [0.15, 0.2) is 0 Å². The predicted octanol–water partition coefficient (Wildman–Crippen LogP) is 3.33. The first-order valence-corrected chi connectivity index (χ1v) is 10.6. The van der Waals surface area contributed by atoms with Crippen molar-refractivity contribution >= 4 is 17.9 Å². The molecule has 0 aliphatic carbocycles.